The van der Waals surface area contributed by atoms with Gasteiger partial charge in [0.1, 0.15) is 6.10 Å². The van der Waals surface area contributed by atoms with E-state index >= 15 is 0 Å². The molecule has 0 aromatic carbocycles. The van der Waals surface area contributed by atoms with Crippen LogP contribution in [0.2, 0.25) is 0 Å². The number of rotatable bonds is 8. The number of carboxylic acid groups (broad SMARTS) is 1. The molecule has 0 rings (SSSR count). The molecule has 1 N–H and O–H groups in total. The summed E-state index contributed by atoms with van der Waals surface area (Å²) < 4.78 is 5.42. The second-order valence-electron chi connectivity index (χ2n) is 5.87. The minimum absolute atomic E-state index is 0.118. The molecular weight excluding hydrogens is 244 g/mol. The summed E-state index contributed by atoms with van der Waals surface area (Å²) in [4.78, 5) is 24.1. The highest BCUT2D eigenvalue weighted by molar-refractivity contribution is 5.99. The minimum Gasteiger partial charge on any atom is -0.480 e. The summed E-state index contributed by atoms with van der Waals surface area (Å²) in [6.45, 7) is 11.2. The topological polar surface area (TPSA) is 63.6 Å². The summed E-state index contributed by atoms with van der Waals surface area (Å²) in [6.07, 6.45) is 1.52. The molecule has 0 spiro atoms. The standard InChI is InChI=1S/C15H28O4/c1-7-12(8-2)19-14(18)15(11(5)6,13(16)17)9-10(3)4/h10-12H,7-9H2,1-6H3,(H,16,17). The van der Waals surface area contributed by atoms with Gasteiger partial charge in [-0.05, 0) is 31.1 Å². The van der Waals surface area contributed by atoms with Crippen molar-refractivity contribution in [1.29, 1.82) is 0 Å². The van der Waals surface area contributed by atoms with E-state index in [4.69, 9.17) is 4.74 Å². The number of hydrogen-bond acceptors (Lipinski definition) is 3. The van der Waals surface area contributed by atoms with Crippen LogP contribution in [0.4, 0.5) is 0 Å². The van der Waals surface area contributed by atoms with E-state index in [0.717, 1.165) is 0 Å². The summed E-state index contributed by atoms with van der Waals surface area (Å²) in [6, 6.07) is 0. The van der Waals surface area contributed by atoms with Crippen molar-refractivity contribution in [2.75, 3.05) is 0 Å². The Labute approximate surface area is 116 Å². The van der Waals surface area contributed by atoms with E-state index in [1.807, 2.05) is 27.7 Å². The predicted octanol–water partition coefficient (Wildman–Crippen LogP) is 3.49. The van der Waals surface area contributed by atoms with Gasteiger partial charge in [0.05, 0.1) is 0 Å². The van der Waals surface area contributed by atoms with Crippen molar-refractivity contribution in [3.63, 3.8) is 0 Å². The molecule has 0 amide bonds. The normalized spacial score (nSPS) is 14.8. The van der Waals surface area contributed by atoms with Crippen LogP contribution in [0.3, 0.4) is 0 Å². The summed E-state index contributed by atoms with van der Waals surface area (Å²) in [5.41, 5.74) is -1.43. The van der Waals surface area contributed by atoms with Gasteiger partial charge >= 0.3 is 11.9 Å². The van der Waals surface area contributed by atoms with Crippen molar-refractivity contribution >= 4 is 11.9 Å². The maximum atomic E-state index is 12.4. The summed E-state index contributed by atoms with van der Waals surface area (Å²) in [5.74, 6) is -1.84. The second-order valence-corrected chi connectivity index (χ2v) is 5.87. The van der Waals surface area contributed by atoms with Gasteiger partial charge in [-0.15, -0.1) is 0 Å². The van der Waals surface area contributed by atoms with Crippen LogP contribution in [0.5, 0.6) is 0 Å². The van der Waals surface area contributed by atoms with E-state index in [0.29, 0.717) is 19.3 Å². The minimum atomic E-state index is -1.43. The molecule has 0 aliphatic rings. The van der Waals surface area contributed by atoms with Crippen LogP contribution in [-0.4, -0.2) is 23.1 Å². The lowest BCUT2D eigenvalue weighted by Crippen LogP contribution is -2.47. The summed E-state index contributed by atoms with van der Waals surface area (Å²) in [5, 5.41) is 9.57. The lowest BCUT2D eigenvalue weighted by Gasteiger charge is -2.33. The fourth-order valence-corrected chi connectivity index (χ4v) is 2.33. The largest absolute Gasteiger partial charge is 0.480 e. The van der Waals surface area contributed by atoms with Crippen molar-refractivity contribution in [3.8, 4) is 0 Å². The third kappa shape index (κ3) is 4.22. The monoisotopic (exact) mass is 272 g/mol. The molecule has 0 aliphatic carbocycles. The van der Waals surface area contributed by atoms with Gasteiger partial charge in [0.15, 0.2) is 5.41 Å². The number of aliphatic carboxylic acids is 1. The maximum absolute atomic E-state index is 12.4. The van der Waals surface area contributed by atoms with Gasteiger partial charge in [0.2, 0.25) is 0 Å². The Bertz CT molecular complexity index is 305. The smallest absolute Gasteiger partial charge is 0.324 e. The molecule has 0 bridgehead atoms. The zero-order valence-corrected chi connectivity index (χ0v) is 13.0. The summed E-state index contributed by atoms with van der Waals surface area (Å²) in [7, 11) is 0. The van der Waals surface area contributed by atoms with E-state index in [1.54, 1.807) is 13.8 Å². The number of carbonyl (C=O) groups is 2. The molecule has 0 aromatic heterocycles. The van der Waals surface area contributed by atoms with Gasteiger partial charge in [-0.2, -0.15) is 0 Å². The molecule has 0 heterocycles. The zero-order valence-electron chi connectivity index (χ0n) is 13.0. The predicted molar refractivity (Wildman–Crippen MR) is 74.8 cm³/mol. The van der Waals surface area contributed by atoms with Gasteiger partial charge in [-0.1, -0.05) is 41.5 Å². The third-order valence-electron chi connectivity index (χ3n) is 3.65. The Morgan fingerprint density at radius 1 is 1.11 bits per heavy atom. The number of hydrogen-bond donors (Lipinski definition) is 1. The van der Waals surface area contributed by atoms with E-state index in [9.17, 15) is 14.7 Å². The van der Waals surface area contributed by atoms with E-state index < -0.39 is 17.4 Å². The molecule has 0 aliphatic heterocycles. The number of esters is 1. The van der Waals surface area contributed by atoms with Gasteiger partial charge in [0, 0.05) is 0 Å². The van der Waals surface area contributed by atoms with Crippen LogP contribution in [0.25, 0.3) is 0 Å². The molecule has 4 nitrogen and oxygen atoms in total. The molecule has 4 heteroatoms. The van der Waals surface area contributed by atoms with Crippen LogP contribution in [0.15, 0.2) is 0 Å². The molecule has 0 radical (unpaired) electrons. The van der Waals surface area contributed by atoms with Crippen molar-refractivity contribution in [2.24, 2.45) is 17.3 Å². The Balaban J connectivity index is 5.32. The summed E-state index contributed by atoms with van der Waals surface area (Å²) >= 11 is 0. The lowest BCUT2D eigenvalue weighted by atomic mass is 9.71. The van der Waals surface area contributed by atoms with E-state index in [1.165, 1.54) is 0 Å². The molecule has 19 heavy (non-hydrogen) atoms. The van der Waals surface area contributed by atoms with Gasteiger partial charge in [-0.3, -0.25) is 9.59 Å². The molecule has 0 saturated heterocycles. The molecule has 0 saturated carbocycles. The average Bonchev–Trinajstić information content (AvgIpc) is 2.31. The Morgan fingerprint density at radius 3 is 1.84 bits per heavy atom. The highest BCUT2D eigenvalue weighted by Crippen LogP contribution is 2.37. The average molecular weight is 272 g/mol. The quantitative estimate of drug-likeness (QED) is 0.542. The van der Waals surface area contributed by atoms with Crippen LogP contribution < -0.4 is 0 Å². The van der Waals surface area contributed by atoms with Crippen LogP contribution in [0.1, 0.15) is 60.8 Å². The molecule has 1 atom stereocenters. The van der Waals surface area contributed by atoms with Crippen LogP contribution >= 0.6 is 0 Å². The van der Waals surface area contributed by atoms with Crippen molar-refractivity contribution < 1.29 is 19.4 Å². The highest BCUT2D eigenvalue weighted by atomic mass is 16.5. The highest BCUT2D eigenvalue weighted by Gasteiger charge is 2.51. The van der Waals surface area contributed by atoms with Crippen molar-refractivity contribution in [1.82, 2.24) is 0 Å². The second kappa shape index (κ2) is 7.51. The molecule has 112 valence electrons. The molecule has 1 unspecified atom stereocenters. The van der Waals surface area contributed by atoms with Crippen LogP contribution in [-0.2, 0) is 14.3 Å². The molecule has 0 fully saturated rings. The van der Waals surface area contributed by atoms with E-state index in [2.05, 4.69) is 0 Å². The fourth-order valence-electron chi connectivity index (χ4n) is 2.33. The Morgan fingerprint density at radius 2 is 1.58 bits per heavy atom. The fraction of sp³-hybridized carbons (Fsp3) is 0.867. The zero-order chi connectivity index (χ0) is 15.2. The SMILES string of the molecule is CCC(CC)OC(=O)C(CC(C)C)(C(=O)O)C(C)C. The number of ether oxygens (including phenoxy) is 1. The first-order valence-electron chi connectivity index (χ1n) is 7.16. The van der Waals surface area contributed by atoms with Crippen LogP contribution in [0, 0.1) is 17.3 Å². The molecular formula is C15H28O4. The van der Waals surface area contributed by atoms with Gasteiger partial charge < -0.3 is 9.84 Å². The first-order chi connectivity index (χ1) is 8.72. The number of carboxylic acids is 1. The lowest BCUT2D eigenvalue weighted by molar-refractivity contribution is -0.178. The number of carbonyl (C=O) groups excluding carboxylic acids is 1. The van der Waals surface area contributed by atoms with Crippen molar-refractivity contribution in [3.05, 3.63) is 0 Å². The Kier molecular flexibility index (Phi) is 7.09. The Hall–Kier alpha value is -1.06. The van der Waals surface area contributed by atoms with Gasteiger partial charge in [-0.25, -0.2) is 0 Å². The third-order valence-corrected chi connectivity index (χ3v) is 3.65. The maximum Gasteiger partial charge on any atom is 0.324 e. The van der Waals surface area contributed by atoms with Crippen molar-refractivity contribution in [2.45, 2.75) is 66.9 Å². The molecule has 0 aromatic rings. The van der Waals surface area contributed by atoms with Gasteiger partial charge in [0.25, 0.3) is 0 Å². The first kappa shape index (κ1) is 17.9. The van der Waals surface area contributed by atoms with E-state index in [-0.39, 0.29) is 17.9 Å². The first-order valence-corrected chi connectivity index (χ1v) is 7.16.